The lowest BCUT2D eigenvalue weighted by Gasteiger charge is -2.12. The van der Waals surface area contributed by atoms with Crippen LogP contribution in [-0.4, -0.2) is 11.8 Å². The Morgan fingerprint density at radius 1 is 0.808 bits per heavy atom. The lowest BCUT2D eigenvalue weighted by molar-refractivity contribution is 0.101. The Kier molecular flexibility index (Phi) is 5.71. The third-order valence-corrected chi connectivity index (χ3v) is 4.72. The molecule has 0 unspecified atom stereocenters. The molecule has 3 rings (SSSR count). The van der Waals surface area contributed by atoms with Gasteiger partial charge in [-0.2, -0.15) is 0 Å². The van der Waals surface area contributed by atoms with E-state index in [1.807, 2.05) is 54.6 Å². The monoisotopic (exact) mass is 362 g/mol. The number of hydrogen-bond donors (Lipinski definition) is 2. The molecule has 4 nitrogen and oxygen atoms in total. The summed E-state index contributed by atoms with van der Waals surface area (Å²) < 4.78 is 0. The van der Waals surface area contributed by atoms with Gasteiger partial charge in [0.05, 0.1) is 5.69 Å². The summed E-state index contributed by atoms with van der Waals surface area (Å²) in [5, 5.41) is 5.64. The van der Waals surface area contributed by atoms with Crippen molar-refractivity contribution in [3.63, 3.8) is 0 Å². The molecule has 0 aromatic heterocycles. The molecule has 0 aliphatic carbocycles. The molecule has 0 fully saturated rings. The maximum Gasteiger partial charge on any atom is 0.323 e. The summed E-state index contributed by atoms with van der Waals surface area (Å²) in [6, 6.07) is 24.1. The normalized spacial score (nSPS) is 10.2. The number of benzene rings is 3. The van der Waals surface area contributed by atoms with Crippen molar-refractivity contribution >= 4 is 35.0 Å². The van der Waals surface area contributed by atoms with Gasteiger partial charge in [-0.25, -0.2) is 4.79 Å². The number of anilines is 2. The van der Waals surface area contributed by atoms with Crippen molar-refractivity contribution in [3.05, 3.63) is 84.4 Å². The first-order valence-corrected chi connectivity index (χ1v) is 8.94. The van der Waals surface area contributed by atoms with Gasteiger partial charge in [-0.1, -0.05) is 54.2 Å². The average molecular weight is 362 g/mol. The van der Waals surface area contributed by atoms with Crippen molar-refractivity contribution < 1.29 is 9.59 Å². The predicted octanol–water partition coefficient (Wildman–Crippen LogP) is 5.68. The predicted molar refractivity (Wildman–Crippen MR) is 106 cm³/mol. The fraction of sp³-hybridized carbons (Fsp3) is 0.0476. The third kappa shape index (κ3) is 4.74. The second-order valence-corrected chi connectivity index (χ2v) is 6.74. The van der Waals surface area contributed by atoms with Gasteiger partial charge >= 0.3 is 6.03 Å². The van der Waals surface area contributed by atoms with Crippen LogP contribution in [0.3, 0.4) is 0 Å². The second-order valence-electron chi connectivity index (χ2n) is 5.63. The Labute approximate surface area is 156 Å². The van der Waals surface area contributed by atoms with Crippen LogP contribution < -0.4 is 10.6 Å². The summed E-state index contributed by atoms with van der Waals surface area (Å²) in [5.41, 5.74) is 1.85. The zero-order valence-electron chi connectivity index (χ0n) is 14.2. The number of ketones is 1. The maximum atomic E-state index is 12.4. The highest BCUT2D eigenvalue weighted by Crippen LogP contribution is 2.33. The highest BCUT2D eigenvalue weighted by molar-refractivity contribution is 7.99. The number of para-hydroxylation sites is 1. The molecule has 0 atom stereocenters. The van der Waals surface area contributed by atoms with Crippen LogP contribution in [-0.2, 0) is 0 Å². The molecule has 0 bridgehead atoms. The Morgan fingerprint density at radius 3 is 2.31 bits per heavy atom. The standard InChI is InChI=1S/C21H18N2O2S/c1-15(24)16-8-7-9-17(14-16)22-21(25)23-19-12-5-6-13-20(19)26-18-10-3-2-4-11-18/h2-14H,1H3,(H2,22,23,25). The van der Waals surface area contributed by atoms with Crippen LogP contribution in [0.25, 0.3) is 0 Å². The van der Waals surface area contributed by atoms with Gasteiger partial charge in [-0.3, -0.25) is 4.79 Å². The number of amides is 2. The van der Waals surface area contributed by atoms with Gasteiger partial charge in [-0.05, 0) is 43.3 Å². The minimum atomic E-state index is -0.355. The molecule has 0 spiro atoms. The third-order valence-electron chi connectivity index (χ3n) is 3.63. The lowest BCUT2D eigenvalue weighted by atomic mass is 10.1. The largest absolute Gasteiger partial charge is 0.323 e. The Bertz CT molecular complexity index is 926. The first-order chi connectivity index (χ1) is 12.6. The van der Waals surface area contributed by atoms with Crippen molar-refractivity contribution in [2.24, 2.45) is 0 Å². The van der Waals surface area contributed by atoms with Gasteiger partial charge in [0.2, 0.25) is 0 Å². The molecule has 0 radical (unpaired) electrons. The van der Waals surface area contributed by atoms with E-state index in [9.17, 15) is 9.59 Å². The van der Waals surface area contributed by atoms with E-state index in [4.69, 9.17) is 0 Å². The summed E-state index contributed by atoms with van der Waals surface area (Å²) in [7, 11) is 0. The zero-order valence-corrected chi connectivity index (χ0v) is 15.0. The average Bonchev–Trinajstić information content (AvgIpc) is 2.64. The number of rotatable bonds is 5. The summed E-state index contributed by atoms with van der Waals surface area (Å²) in [6.07, 6.45) is 0. The molecule has 0 saturated carbocycles. The summed E-state index contributed by atoms with van der Waals surface area (Å²) in [4.78, 5) is 25.9. The first-order valence-electron chi connectivity index (χ1n) is 8.13. The van der Waals surface area contributed by atoms with Crippen LogP contribution in [0.1, 0.15) is 17.3 Å². The maximum absolute atomic E-state index is 12.4. The van der Waals surface area contributed by atoms with Gasteiger partial charge in [-0.15, -0.1) is 0 Å². The summed E-state index contributed by atoms with van der Waals surface area (Å²) in [6.45, 7) is 1.50. The Hall–Kier alpha value is -3.05. The zero-order chi connectivity index (χ0) is 18.4. The van der Waals surface area contributed by atoms with E-state index >= 15 is 0 Å². The van der Waals surface area contributed by atoms with E-state index < -0.39 is 0 Å². The topological polar surface area (TPSA) is 58.2 Å². The van der Waals surface area contributed by atoms with Gasteiger partial charge in [0.1, 0.15) is 0 Å². The lowest BCUT2D eigenvalue weighted by Crippen LogP contribution is -2.20. The SMILES string of the molecule is CC(=O)c1cccc(NC(=O)Nc2ccccc2Sc2ccccc2)c1. The number of hydrogen-bond acceptors (Lipinski definition) is 3. The second kappa shape index (κ2) is 8.36. The fourth-order valence-electron chi connectivity index (χ4n) is 2.38. The van der Waals surface area contributed by atoms with Crippen LogP contribution in [0, 0.1) is 0 Å². The molecule has 26 heavy (non-hydrogen) atoms. The molecule has 0 aliphatic heterocycles. The smallest absolute Gasteiger partial charge is 0.308 e. The number of carbonyl (C=O) groups excluding carboxylic acids is 2. The number of carbonyl (C=O) groups is 2. The Morgan fingerprint density at radius 2 is 1.54 bits per heavy atom. The summed E-state index contributed by atoms with van der Waals surface area (Å²) in [5.74, 6) is -0.0429. The molecule has 3 aromatic carbocycles. The molecule has 5 heteroatoms. The fourth-order valence-corrected chi connectivity index (χ4v) is 3.30. The summed E-state index contributed by atoms with van der Waals surface area (Å²) >= 11 is 1.58. The van der Waals surface area contributed by atoms with E-state index in [1.165, 1.54) is 6.92 Å². The van der Waals surface area contributed by atoms with E-state index in [0.717, 1.165) is 15.5 Å². The van der Waals surface area contributed by atoms with Crippen molar-refractivity contribution in [3.8, 4) is 0 Å². The van der Waals surface area contributed by atoms with E-state index in [-0.39, 0.29) is 11.8 Å². The van der Waals surface area contributed by atoms with Gasteiger partial charge in [0, 0.05) is 21.0 Å². The highest BCUT2D eigenvalue weighted by Gasteiger charge is 2.09. The molecule has 0 aliphatic rings. The minimum Gasteiger partial charge on any atom is -0.308 e. The van der Waals surface area contributed by atoms with Crippen LogP contribution in [0.2, 0.25) is 0 Å². The number of nitrogens with one attached hydrogen (secondary N) is 2. The van der Waals surface area contributed by atoms with Gasteiger partial charge < -0.3 is 10.6 Å². The highest BCUT2D eigenvalue weighted by atomic mass is 32.2. The molecule has 0 saturated heterocycles. The molecule has 0 heterocycles. The molecule has 2 amide bonds. The van der Waals surface area contributed by atoms with Crippen molar-refractivity contribution in [2.75, 3.05) is 10.6 Å². The quantitative estimate of drug-likeness (QED) is 0.574. The molecular weight excluding hydrogens is 344 g/mol. The number of Topliss-reactive ketones (excluding diaryl/α,β-unsaturated/α-hetero) is 1. The van der Waals surface area contributed by atoms with Crippen molar-refractivity contribution in [1.29, 1.82) is 0 Å². The van der Waals surface area contributed by atoms with E-state index in [2.05, 4.69) is 10.6 Å². The Balaban J connectivity index is 1.72. The van der Waals surface area contributed by atoms with Gasteiger partial charge in [0.15, 0.2) is 5.78 Å². The first kappa shape index (κ1) is 17.8. The van der Waals surface area contributed by atoms with Gasteiger partial charge in [0.25, 0.3) is 0 Å². The number of urea groups is 1. The van der Waals surface area contributed by atoms with Crippen molar-refractivity contribution in [2.45, 2.75) is 16.7 Å². The molecule has 3 aromatic rings. The van der Waals surface area contributed by atoms with Crippen molar-refractivity contribution in [1.82, 2.24) is 0 Å². The molecular formula is C21H18N2O2S. The van der Waals surface area contributed by atoms with Crippen LogP contribution in [0.4, 0.5) is 16.2 Å². The molecule has 130 valence electrons. The van der Waals surface area contributed by atoms with Crippen LogP contribution >= 0.6 is 11.8 Å². The van der Waals surface area contributed by atoms with E-state index in [0.29, 0.717) is 11.3 Å². The molecule has 2 N–H and O–H groups in total. The van der Waals surface area contributed by atoms with E-state index in [1.54, 1.807) is 36.0 Å². The van der Waals surface area contributed by atoms with Crippen LogP contribution in [0.15, 0.2) is 88.7 Å². The van der Waals surface area contributed by atoms with Crippen LogP contribution in [0.5, 0.6) is 0 Å². The minimum absolute atomic E-state index is 0.0429.